The van der Waals surface area contributed by atoms with Crippen molar-refractivity contribution in [2.75, 3.05) is 7.11 Å². The number of epoxide rings is 1. The first kappa shape index (κ1) is 27.6. The minimum atomic E-state index is -0.635. The third-order valence-electron chi connectivity index (χ3n) is 10.8. The molecule has 38 heavy (non-hydrogen) atoms. The quantitative estimate of drug-likeness (QED) is 0.226. The van der Waals surface area contributed by atoms with E-state index in [4.69, 9.17) is 18.9 Å². The topological polar surface area (TPSA) is 94.6 Å². The van der Waals surface area contributed by atoms with Crippen molar-refractivity contribution in [3.63, 3.8) is 0 Å². The fourth-order valence-electron chi connectivity index (χ4n) is 7.80. The highest BCUT2D eigenvalue weighted by Crippen LogP contribution is 2.59. The highest BCUT2D eigenvalue weighted by molar-refractivity contribution is 5.91. The number of allylic oxidation sites excluding steroid dienone is 2. The Bertz CT molecular complexity index is 1060. The van der Waals surface area contributed by atoms with Crippen molar-refractivity contribution in [3.05, 3.63) is 36.0 Å². The van der Waals surface area contributed by atoms with Crippen molar-refractivity contribution >= 4 is 11.9 Å². The van der Waals surface area contributed by atoms with Crippen LogP contribution in [0.1, 0.15) is 79.1 Å². The summed E-state index contributed by atoms with van der Waals surface area (Å²) in [6.45, 7) is 16.3. The smallest absolute Gasteiger partial charge is 0.334 e. The average Bonchev–Trinajstić information content (AvgIpc) is 3.34. The summed E-state index contributed by atoms with van der Waals surface area (Å²) in [4.78, 5) is 23.5. The number of methoxy groups -OCH3 is 1. The van der Waals surface area contributed by atoms with E-state index in [2.05, 4.69) is 46.9 Å². The van der Waals surface area contributed by atoms with Gasteiger partial charge in [0.05, 0.1) is 17.3 Å². The molecule has 10 atom stereocenters. The van der Waals surface area contributed by atoms with E-state index < -0.39 is 12.2 Å². The first-order valence-corrected chi connectivity index (χ1v) is 14.2. The van der Waals surface area contributed by atoms with Crippen molar-refractivity contribution in [3.8, 4) is 0 Å². The first-order chi connectivity index (χ1) is 17.8. The fraction of sp³-hybridized carbons (Fsp3) is 0.742. The van der Waals surface area contributed by atoms with E-state index in [-0.39, 0.29) is 52.6 Å². The summed E-state index contributed by atoms with van der Waals surface area (Å²) in [5, 5.41) is 10.8. The second-order valence-corrected chi connectivity index (χ2v) is 13.1. The van der Waals surface area contributed by atoms with Crippen molar-refractivity contribution < 1.29 is 33.6 Å². The number of carbonyl (C=O) groups excluding carboxylic acids is 2. The minimum Gasteiger partial charge on any atom is -0.456 e. The Labute approximate surface area is 226 Å². The van der Waals surface area contributed by atoms with Crippen LogP contribution in [0.5, 0.6) is 0 Å². The Kier molecular flexibility index (Phi) is 6.97. The second-order valence-electron chi connectivity index (χ2n) is 13.1. The van der Waals surface area contributed by atoms with Gasteiger partial charge in [-0.3, -0.25) is 0 Å². The van der Waals surface area contributed by atoms with Gasteiger partial charge in [-0.05, 0) is 78.1 Å². The van der Waals surface area contributed by atoms with Gasteiger partial charge in [0.1, 0.15) is 18.3 Å². The van der Waals surface area contributed by atoms with Crippen LogP contribution in [0, 0.1) is 23.2 Å². The highest BCUT2D eigenvalue weighted by atomic mass is 16.6. The number of ether oxygens (including phenoxy) is 4. The standard InChI is InChI=1S/C16H24O4.C15H20O3/c1-9-10-5-8-16(3,19-4)11-6-7-15(11,2)13(17)12(10)20-14(9)18;1-9-5-4-8-15(3)13(18-15)12-11(7-6-9)10(2)14(16)17-12/h10-13,17H,1,5-8H2,2-4H3;5,11-13H,2,4,6-8H2,1,3H3/b;9-5+/t10-,11+,12-,13+,15+,16+;11-,12-,13-,15+/m00/s1. The molecule has 3 aliphatic heterocycles. The summed E-state index contributed by atoms with van der Waals surface area (Å²) < 4.78 is 22.5. The maximum atomic E-state index is 11.8. The molecule has 0 radical (unpaired) electrons. The molecule has 7 heteroatoms. The molecule has 0 amide bonds. The predicted molar refractivity (Wildman–Crippen MR) is 142 cm³/mol. The highest BCUT2D eigenvalue weighted by Gasteiger charge is 2.63. The molecular formula is C31H44O7. The molecule has 0 aromatic rings. The van der Waals surface area contributed by atoms with Gasteiger partial charge in [0.2, 0.25) is 0 Å². The maximum absolute atomic E-state index is 11.8. The molecule has 6 rings (SSSR count). The van der Waals surface area contributed by atoms with Crippen LogP contribution in [0.4, 0.5) is 0 Å². The molecule has 0 aromatic carbocycles. The van der Waals surface area contributed by atoms with E-state index in [9.17, 15) is 14.7 Å². The van der Waals surface area contributed by atoms with Gasteiger partial charge >= 0.3 is 11.9 Å². The first-order valence-electron chi connectivity index (χ1n) is 14.2. The Morgan fingerprint density at radius 3 is 2.18 bits per heavy atom. The van der Waals surface area contributed by atoms with Crippen LogP contribution >= 0.6 is 0 Å². The Morgan fingerprint density at radius 2 is 1.58 bits per heavy atom. The second kappa shape index (κ2) is 9.60. The van der Waals surface area contributed by atoms with Crippen LogP contribution in [0.15, 0.2) is 36.0 Å². The summed E-state index contributed by atoms with van der Waals surface area (Å²) in [7, 11) is 1.75. The van der Waals surface area contributed by atoms with Crippen molar-refractivity contribution in [2.45, 2.75) is 115 Å². The van der Waals surface area contributed by atoms with E-state index in [1.807, 2.05) is 0 Å². The Morgan fingerprint density at radius 1 is 0.947 bits per heavy atom. The summed E-state index contributed by atoms with van der Waals surface area (Å²) in [6, 6.07) is 0. The molecule has 0 unspecified atom stereocenters. The number of aliphatic hydroxyl groups is 1. The summed E-state index contributed by atoms with van der Waals surface area (Å²) in [6.07, 6.45) is 8.85. The molecule has 3 saturated heterocycles. The Balaban J connectivity index is 0.000000156. The zero-order valence-electron chi connectivity index (χ0n) is 23.6. The van der Waals surface area contributed by atoms with Crippen LogP contribution in [0.3, 0.4) is 0 Å². The molecule has 6 aliphatic rings. The molecule has 1 N–H and O–H groups in total. The molecular weight excluding hydrogens is 484 g/mol. The van der Waals surface area contributed by atoms with E-state index >= 15 is 0 Å². The van der Waals surface area contributed by atoms with Crippen LogP contribution in [-0.2, 0) is 28.5 Å². The lowest BCUT2D eigenvalue weighted by Crippen LogP contribution is -2.62. The monoisotopic (exact) mass is 528 g/mol. The Hall–Kier alpha value is -1.96. The van der Waals surface area contributed by atoms with Crippen LogP contribution in [-0.4, -0.2) is 59.8 Å². The third-order valence-corrected chi connectivity index (χ3v) is 10.8. The number of rotatable bonds is 1. The molecule has 3 aliphatic carbocycles. The number of hydrogen-bond acceptors (Lipinski definition) is 7. The van der Waals surface area contributed by atoms with Gasteiger partial charge in [-0.1, -0.05) is 31.7 Å². The van der Waals surface area contributed by atoms with Crippen LogP contribution in [0.2, 0.25) is 0 Å². The molecule has 0 spiro atoms. The van der Waals surface area contributed by atoms with Gasteiger partial charge in [0.25, 0.3) is 0 Å². The van der Waals surface area contributed by atoms with Gasteiger partial charge in [-0.25, -0.2) is 9.59 Å². The van der Waals surface area contributed by atoms with Crippen LogP contribution < -0.4 is 0 Å². The molecule has 5 fully saturated rings. The molecule has 7 nitrogen and oxygen atoms in total. The third kappa shape index (κ3) is 4.39. The molecule has 2 saturated carbocycles. The van der Waals surface area contributed by atoms with Crippen molar-refractivity contribution in [1.29, 1.82) is 0 Å². The minimum absolute atomic E-state index is 0.0671. The lowest BCUT2D eigenvalue weighted by molar-refractivity contribution is -0.214. The zero-order valence-corrected chi connectivity index (χ0v) is 23.6. The molecule has 0 aromatic heterocycles. The van der Waals surface area contributed by atoms with E-state index in [0.717, 1.165) is 51.4 Å². The number of esters is 2. The lowest BCUT2D eigenvalue weighted by Gasteiger charge is -2.59. The molecule has 0 bridgehead atoms. The zero-order chi connectivity index (χ0) is 27.6. The predicted octanol–water partition coefficient (Wildman–Crippen LogP) is 4.82. The number of carbonyl (C=O) groups is 2. The van der Waals surface area contributed by atoms with Crippen LogP contribution in [0.25, 0.3) is 0 Å². The molecule has 3 heterocycles. The maximum Gasteiger partial charge on any atom is 0.334 e. The SMILES string of the molecule is C=C1C(=O)O[C@@H]2[C@@H](O)[C@]3(C)CC[C@H]3[C@](C)(OC)CC[C@@H]12.C=C1C(=O)O[C@H]2[C@H]1CC/C(C)=C/CC[C@@]1(C)O[C@@H]21. The van der Waals surface area contributed by atoms with Gasteiger partial charge in [0.15, 0.2) is 0 Å². The van der Waals surface area contributed by atoms with E-state index in [0.29, 0.717) is 17.1 Å². The van der Waals surface area contributed by atoms with E-state index in [1.54, 1.807) is 7.11 Å². The summed E-state index contributed by atoms with van der Waals surface area (Å²) in [5.41, 5.74) is 1.94. The van der Waals surface area contributed by atoms with Gasteiger partial charge in [-0.2, -0.15) is 0 Å². The number of fused-ring (bicyclic) bond motifs is 5. The van der Waals surface area contributed by atoms with Crippen molar-refractivity contribution in [2.24, 2.45) is 23.2 Å². The van der Waals surface area contributed by atoms with Gasteiger partial charge in [-0.15, -0.1) is 0 Å². The summed E-state index contributed by atoms with van der Waals surface area (Å²) in [5.74, 6) is -0.220. The largest absolute Gasteiger partial charge is 0.456 e. The lowest BCUT2D eigenvalue weighted by atomic mass is 9.50. The van der Waals surface area contributed by atoms with E-state index in [1.165, 1.54) is 5.57 Å². The van der Waals surface area contributed by atoms with Crippen molar-refractivity contribution in [1.82, 2.24) is 0 Å². The average molecular weight is 529 g/mol. The van der Waals surface area contributed by atoms with Gasteiger partial charge in [0, 0.05) is 35.5 Å². The summed E-state index contributed by atoms with van der Waals surface area (Å²) >= 11 is 0. The normalized spacial score (nSPS) is 49.1. The number of aliphatic hydroxyl groups excluding tert-OH is 1. The number of hydrogen-bond donors (Lipinski definition) is 1. The molecule has 210 valence electrons. The van der Waals surface area contributed by atoms with Gasteiger partial charge < -0.3 is 24.1 Å². The fourth-order valence-corrected chi connectivity index (χ4v) is 7.80.